The third kappa shape index (κ3) is 5.22. The summed E-state index contributed by atoms with van der Waals surface area (Å²) >= 11 is 0. The largest absolute Gasteiger partial charge is 0.349 e. The number of carbonyl (C=O) groups excluding carboxylic acids is 1. The fourth-order valence-electron chi connectivity index (χ4n) is 3.67. The van der Waals surface area contributed by atoms with Crippen LogP contribution in [0.5, 0.6) is 0 Å². The first-order valence-corrected chi connectivity index (χ1v) is 8.79. The van der Waals surface area contributed by atoms with Crippen molar-refractivity contribution in [3.05, 3.63) is 35.9 Å². The number of benzene rings is 1. The molecule has 1 aromatic rings. The summed E-state index contributed by atoms with van der Waals surface area (Å²) in [5.74, 6) is 2.05. The predicted octanol–water partition coefficient (Wildman–Crippen LogP) is 3.70. The van der Waals surface area contributed by atoms with Gasteiger partial charge in [0.05, 0.1) is 6.04 Å². The average Bonchev–Trinajstić information content (AvgIpc) is 3.39. The lowest BCUT2D eigenvalue weighted by Crippen LogP contribution is -2.35. The van der Waals surface area contributed by atoms with Crippen LogP contribution in [-0.2, 0) is 4.79 Å². The van der Waals surface area contributed by atoms with E-state index in [0.29, 0.717) is 24.2 Å². The maximum atomic E-state index is 12.5. The molecular formula is C19H29ClN2O. The Bertz CT molecular complexity index is 483. The Morgan fingerprint density at radius 1 is 1.13 bits per heavy atom. The smallest absolute Gasteiger partial charge is 0.220 e. The topological polar surface area (TPSA) is 41.1 Å². The highest BCUT2D eigenvalue weighted by Crippen LogP contribution is 2.41. The summed E-state index contributed by atoms with van der Waals surface area (Å²) in [5.41, 5.74) is 1.26. The number of amides is 1. The lowest BCUT2D eigenvalue weighted by Gasteiger charge is -2.28. The van der Waals surface area contributed by atoms with Crippen LogP contribution in [-0.4, -0.2) is 19.0 Å². The highest BCUT2D eigenvalue weighted by atomic mass is 35.5. The Labute approximate surface area is 146 Å². The van der Waals surface area contributed by atoms with E-state index in [2.05, 4.69) is 41.8 Å². The average molecular weight is 337 g/mol. The van der Waals surface area contributed by atoms with Gasteiger partial charge < -0.3 is 10.6 Å². The fraction of sp³-hybridized carbons (Fsp3) is 0.632. The molecule has 4 heteroatoms. The van der Waals surface area contributed by atoms with Crippen LogP contribution in [0.4, 0.5) is 0 Å². The van der Waals surface area contributed by atoms with Gasteiger partial charge in [-0.25, -0.2) is 0 Å². The summed E-state index contributed by atoms with van der Waals surface area (Å²) in [6.45, 7) is 4.45. The van der Waals surface area contributed by atoms with Crippen LogP contribution < -0.4 is 10.6 Å². The van der Waals surface area contributed by atoms with Crippen molar-refractivity contribution >= 4 is 18.3 Å². The number of hydrogen-bond acceptors (Lipinski definition) is 2. The number of nitrogens with one attached hydrogen (secondary N) is 2. The molecule has 1 heterocycles. The third-order valence-corrected chi connectivity index (χ3v) is 5.26. The SMILES string of the molecule is CC(CC(=O)NC(c1ccccc1)C1CC1)C1CCNCC1.Cl. The van der Waals surface area contributed by atoms with Gasteiger partial charge in [-0.3, -0.25) is 4.79 Å². The molecule has 2 fully saturated rings. The summed E-state index contributed by atoms with van der Waals surface area (Å²) < 4.78 is 0. The molecule has 1 saturated carbocycles. The second-order valence-electron chi connectivity index (χ2n) is 7.06. The van der Waals surface area contributed by atoms with Crippen molar-refractivity contribution in [1.82, 2.24) is 10.6 Å². The highest BCUT2D eigenvalue weighted by Gasteiger charge is 2.33. The van der Waals surface area contributed by atoms with E-state index >= 15 is 0 Å². The van der Waals surface area contributed by atoms with Crippen molar-refractivity contribution in [3.63, 3.8) is 0 Å². The summed E-state index contributed by atoms with van der Waals surface area (Å²) in [4.78, 5) is 12.5. The first-order chi connectivity index (χ1) is 10.7. The van der Waals surface area contributed by atoms with Gasteiger partial charge in [0, 0.05) is 6.42 Å². The molecule has 1 amide bonds. The summed E-state index contributed by atoms with van der Waals surface area (Å²) in [6, 6.07) is 10.7. The Morgan fingerprint density at radius 3 is 2.39 bits per heavy atom. The minimum atomic E-state index is 0. The van der Waals surface area contributed by atoms with Gasteiger partial charge in [-0.1, -0.05) is 37.3 Å². The molecule has 1 saturated heterocycles. The van der Waals surface area contributed by atoms with Gasteiger partial charge in [-0.2, -0.15) is 0 Å². The van der Waals surface area contributed by atoms with Crippen LogP contribution in [0, 0.1) is 17.8 Å². The van der Waals surface area contributed by atoms with Crippen LogP contribution in [0.15, 0.2) is 30.3 Å². The second-order valence-corrected chi connectivity index (χ2v) is 7.06. The molecule has 0 radical (unpaired) electrons. The van der Waals surface area contributed by atoms with Gasteiger partial charge in [0.1, 0.15) is 0 Å². The van der Waals surface area contributed by atoms with E-state index in [0.717, 1.165) is 13.1 Å². The molecule has 3 nitrogen and oxygen atoms in total. The molecule has 0 spiro atoms. The van der Waals surface area contributed by atoms with Gasteiger partial charge in [-0.05, 0) is 62.1 Å². The minimum Gasteiger partial charge on any atom is -0.349 e. The van der Waals surface area contributed by atoms with Crippen LogP contribution >= 0.6 is 12.4 Å². The molecule has 2 unspecified atom stereocenters. The third-order valence-electron chi connectivity index (χ3n) is 5.26. The van der Waals surface area contributed by atoms with Gasteiger partial charge in [0.2, 0.25) is 5.91 Å². The summed E-state index contributed by atoms with van der Waals surface area (Å²) in [5, 5.41) is 6.71. The zero-order valence-electron chi connectivity index (χ0n) is 14.0. The zero-order chi connectivity index (χ0) is 15.4. The maximum absolute atomic E-state index is 12.5. The lowest BCUT2D eigenvalue weighted by atomic mass is 9.84. The van der Waals surface area contributed by atoms with Gasteiger partial charge >= 0.3 is 0 Å². The van der Waals surface area contributed by atoms with E-state index in [9.17, 15) is 4.79 Å². The second kappa shape index (κ2) is 8.70. The molecule has 0 bridgehead atoms. The molecule has 23 heavy (non-hydrogen) atoms. The first-order valence-electron chi connectivity index (χ1n) is 8.79. The Morgan fingerprint density at radius 2 is 1.78 bits per heavy atom. The van der Waals surface area contributed by atoms with Crippen molar-refractivity contribution in [2.45, 2.75) is 45.1 Å². The Balaban J connectivity index is 0.00000192. The van der Waals surface area contributed by atoms with E-state index in [1.165, 1.54) is 31.2 Å². The van der Waals surface area contributed by atoms with Crippen molar-refractivity contribution in [3.8, 4) is 0 Å². The van der Waals surface area contributed by atoms with Crippen LogP contribution in [0.25, 0.3) is 0 Å². The van der Waals surface area contributed by atoms with Crippen molar-refractivity contribution in [2.24, 2.45) is 17.8 Å². The Hall–Kier alpha value is -1.06. The molecule has 2 N–H and O–H groups in total. The van der Waals surface area contributed by atoms with E-state index in [1.807, 2.05) is 6.07 Å². The molecule has 1 aromatic carbocycles. The molecule has 1 aliphatic heterocycles. The minimum absolute atomic E-state index is 0. The molecule has 1 aliphatic carbocycles. The number of halogens is 1. The molecule has 2 atom stereocenters. The summed E-state index contributed by atoms with van der Waals surface area (Å²) in [6.07, 6.45) is 5.56. The zero-order valence-corrected chi connectivity index (χ0v) is 14.8. The number of hydrogen-bond donors (Lipinski definition) is 2. The van der Waals surface area contributed by atoms with Gasteiger partial charge in [-0.15, -0.1) is 12.4 Å². The number of rotatable bonds is 6. The van der Waals surface area contributed by atoms with Crippen molar-refractivity contribution < 1.29 is 4.79 Å². The van der Waals surface area contributed by atoms with Crippen LogP contribution in [0.2, 0.25) is 0 Å². The molecule has 128 valence electrons. The van der Waals surface area contributed by atoms with E-state index in [-0.39, 0.29) is 24.4 Å². The van der Waals surface area contributed by atoms with Gasteiger partial charge in [0.25, 0.3) is 0 Å². The molecular weight excluding hydrogens is 308 g/mol. The van der Waals surface area contributed by atoms with E-state index < -0.39 is 0 Å². The predicted molar refractivity (Wildman–Crippen MR) is 96.7 cm³/mol. The molecule has 2 aliphatic rings. The standard InChI is InChI=1S/C19H28N2O.ClH/c1-14(15-9-11-20-12-10-15)13-18(22)21-19(17-7-8-17)16-5-3-2-4-6-16;/h2-6,14-15,17,19-20H,7-13H2,1H3,(H,21,22);1H. The van der Waals surface area contributed by atoms with Crippen LogP contribution in [0.1, 0.15) is 50.6 Å². The monoisotopic (exact) mass is 336 g/mol. The maximum Gasteiger partial charge on any atom is 0.220 e. The summed E-state index contributed by atoms with van der Waals surface area (Å²) in [7, 11) is 0. The fourth-order valence-corrected chi connectivity index (χ4v) is 3.67. The van der Waals surface area contributed by atoms with E-state index in [4.69, 9.17) is 0 Å². The highest BCUT2D eigenvalue weighted by molar-refractivity contribution is 5.85. The Kier molecular flexibility index (Phi) is 6.91. The first kappa shape index (κ1) is 18.3. The quantitative estimate of drug-likeness (QED) is 0.831. The van der Waals surface area contributed by atoms with Crippen molar-refractivity contribution in [2.75, 3.05) is 13.1 Å². The number of carbonyl (C=O) groups is 1. The molecule has 0 aromatic heterocycles. The lowest BCUT2D eigenvalue weighted by molar-refractivity contribution is -0.123. The normalized spacial score (nSPS) is 21.1. The van der Waals surface area contributed by atoms with Crippen LogP contribution in [0.3, 0.4) is 0 Å². The van der Waals surface area contributed by atoms with Crippen molar-refractivity contribution in [1.29, 1.82) is 0 Å². The van der Waals surface area contributed by atoms with E-state index in [1.54, 1.807) is 0 Å². The number of piperidine rings is 1. The van der Waals surface area contributed by atoms with Gasteiger partial charge in [0.15, 0.2) is 0 Å². The molecule has 3 rings (SSSR count).